The first-order chi connectivity index (χ1) is 8.01. The molecule has 7 heteroatoms. The molecule has 0 spiro atoms. The second-order valence-electron chi connectivity index (χ2n) is 3.68. The van der Waals surface area contributed by atoms with Crippen molar-refractivity contribution in [1.82, 2.24) is 19.9 Å². The summed E-state index contributed by atoms with van der Waals surface area (Å²) in [5.41, 5.74) is 0.772. The number of aromatic nitrogens is 3. The van der Waals surface area contributed by atoms with Crippen LogP contribution in [-0.4, -0.2) is 53.0 Å². The van der Waals surface area contributed by atoms with Crippen LogP contribution in [-0.2, 0) is 22.5 Å². The predicted molar refractivity (Wildman–Crippen MR) is 59.4 cm³/mol. The first-order valence-electron chi connectivity index (χ1n) is 5.22. The summed E-state index contributed by atoms with van der Waals surface area (Å²) in [6.07, 6.45) is 0.554. The third-order valence-corrected chi connectivity index (χ3v) is 2.34. The molecule has 0 fully saturated rings. The number of esters is 1. The molecule has 0 aromatic carbocycles. The number of hydrogen-bond acceptors (Lipinski definition) is 5. The van der Waals surface area contributed by atoms with Gasteiger partial charge in [-0.15, -0.1) is 5.10 Å². The van der Waals surface area contributed by atoms with Gasteiger partial charge in [0, 0.05) is 14.1 Å². The monoisotopic (exact) mass is 240 g/mol. The van der Waals surface area contributed by atoms with Crippen molar-refractivity contribution < 1.29 is 14.3 Å². The van der Waals surface area contributed by atoms with E-state index in [1.54, 1.807) is 14.1 Å². The Morgan fingerprint density at radius 2 is 2.06 bits per heavy atom. The lowest BCUT2D eigenvalue weighted by atomic mass is 10.2. The average Bonchev–Trinajstić information content (AvgIpc) is 2.70. The van der Waals surface area contributed by atoms with Gasteiger partial charge < -0.3 is 9.64 Å². The number of nitrogens with zero attached hydrogens (tertiary/aromatic N) is 4. The highest BCUT2D eigenvalue weighted by Crippen LogP contribution is 2.08. The molecular weight excluding hydrogens is 224 g/mol. The molecule has 1 aromatic rings. The Morgan fingerprint density at radius 3 is 2.53 bits per heavy atom. The molecule has 7 nitrogen and oxygen atoms in total. The Labute approximate surface area is 99.3 Å². The van der Waals surface area contributed by atoms with Crippen molar-refractivity contribution >= 4 is 11.9 Å². The van der Waals surface area contributed by atoms with Crippen LogP contribution in [0.2, 0.25) is 0 Å². The van der Waals surface area contributed by atoms with Gasteiger partial charge in [-0.25, -0.2) is 9.48 Å². The van der Waals surface area contributed by atoms with E-state index in [0.717, 1.165) is 0 Å². The molecule has 1 rings (SSSR count). The van der Waals surface area contributed by atoms with E-state index in [9.17, 15) is 9.59 Å². The highest BCUT2D eigenvalue weighted by Gasteiger charge is 2.20. The summed E-state index contributed by atoms with van der Waals surface area (Å²) >= 11 is 0. The maximum absolute atomic E-state index is 11.6. The molecule has 0 saturated heterocycles. The van der Waals surface area contributed by atoms with E-state index < -0.39 is 5.97 Å². The lowest BCUT2D eigenvalue weighted by molar-refractivity contribution is -0.129. The molecule has 0 aliphatic heterocycles. The minimum Gasteiger partial charge on any atom is -0.464 e. The Kier molecular flexibility index (Phi) is 4.19. The summed E-state index contributed by atoms with van der Waals surface area (Å²) in [6.45, 7) is 1.93. The summed E-state index contributed by atoms with van der Waals surface area (Å²) in [6, 6.07) is 0. The number of carbonyl (C=O) groups is 2. The van der Waals surface area contributed by atoms with E-state index in [0.29, 0.717) is 12.1 Å². The van der Waals surface area contributed by atoms with Gasteiger partial charge in [0.25, 0.3) is 0 Å². The van der Waals surface area contributed by atoms with Crippen molar-refractivity contribution in [3.63, 3.8) is 0 Å². The summed E-state index contributed by atoms with van der Waals surface area (Å²) in [5.74, 6) is -0.647. The number of carbonyl (C=O) groups excluding carboxylic acids is 2. The second-order valence-corrected chi connectivity index (χ2v) is 3.68. The predicted octanol–water partition coefficient (Wildman–Crippen LogP) is -0.285. The van der Waals surface area contributed by atoms with Crippen molar-refractivity contribution in [1.29, 1.82) is 0 Å². The fourth-order valence-corrected chi connectivity index (χ4v) is 1.33. The third-order valence-electron chi connectivity index (χ3n) is 2.34. The molecule has 0 unspecified atom stereocenters. The zero-order chi connectivity index (χ0) is 13.0. The lowest BCUT2D eigenvalue weighted by Crippen LogP contribution is -2.27. The highest BCUT2D eigenvalue weighted by molar-refractivity contribution is 5.88. The maximum Gasteiger partial charge on any atom is 0.360 e. The minimum absolute atomic E-state index is 0.0696. The molecule has 0 bridgehead atoms. The molecule has 1 heterocycles. The SMILES string of the molecule is CCc1c(C(=O)OC)nnn1CC(=O)N(C)C. The van der Waals surface area contributed by atoms with Crippen molar-refractivity contribution in [3.8, 4) is 0 Å². The molecule has 1 amide bonds. The van der Waals surface area contributed by atoms with Crippen LogP contribution >= 0.6 is 0 Å². The van der Waals surface area contributed by atoms with Gasteiger partial charge in [-0.05, 0) is 6.42 Å². The van der Waals surface area contributed by atoms with Crippen molar-refractivity contribution in [2.45, 2.75) is 19.9 Å². The molecule has 0 radical (unpaired) electrons. The van der Waals surface area contributed by atoms with Crippen LogP contribution in [0.5, 0.6) is 0 Å². The van der Waals surface area contributed by atoms with Gasteiger partial charge >= 0.3 is 5.97 Å². The number of amides is 1. The maximum atomic E-state index is 11.6. The van der Waals surface area contributed by atoms with Crippen LogP contribution in [0.25, 0.3) is 0 Å². The Morgan fingerprint density at radius 1 is 1.41 bits per heavy atom. The van der Waals surface area contributed by atoms with Gasteiger partial charge in [0.05, 0.1) is 12.8 Å². The Bertz CT molecular complexity index is 425. The van der Waals surface area contributed by atoms with Crippen LogP contribution < -0.4 is 0 Å². The minimum atomic E-state index is -0.537. The van der Waals surface area contributed by atoms with E-state index >= 15 is 0 Å². The van der Waals surface area contributed by atoms with Crippen molar-refractivity contribution in [3.05, 3.63) is 11.4 Å². The van der Waals surface area contributed by atoms with Gasteiger partial charge in [0.2, 0.25) is 5.91 Å². The number of hydrogen-bond donors (Lipinski definition) is 0. The van der Waals surface area contributed by atoms with Crippen molar-refractivity contribution in [2.75, 3.05) is 21.2 Å². The van der Waals surface area contributed by atoms with Gasteiger partial charge in [-0.2, -0.15) is 0 Å². The zero-order valence-corrected chi connectivity index (χ0v) is 10.4. The molecule has 17 heavy (non-hydrogen) atoms. The molecule has 0 saturated carbocycles. The lowest BCUT2D eigenvalue weighted by Gasteiger charge is -2.11. The highest BCUT2D eigenvalue weighted by atomic mass is 16.5. The molecule has 0 N–H and O–H groups in total. The molecule has 94 valence electrons. The summed E-state index contributed by atoms with van der Waals surface area (Å²) in [7, 11) is 4.60. The summed E-state index contributed by atoms with van der Waals surface area (Å²) < 4.78 is 6.02. The fraction of sp³-hybridized carbons (Fsp3) is 0.600. The number of rotatable bonds is 4. The van der Waals surface area contributed by atoms with Gasteiger partial charge in [0.15, 0.2) is 5.69 Å². The van der Waals surface area contributed by atoms with E-state index in [2.05, 4.69) is 15.0 Å². The first kappa shape index (κ1) is 13.1. The van der Waals surface area contributed by atoms with E-state index in [1.165, 1.54) is 16.7 Å². The van der Waals surface area contributed by atoms with Crippen molar-refractivity contribution in [2.24, 2.45) is 0 Å². The van der Waals surface area contributed by atoms with Gasteiger partial charge in [-0.3, -0.25) is 4.79 Å². The quantitative estimate of drug-likeness (QED) is 0.676. The second kappa shape index (κ2) is 5.42. The van der Waals surface area contributed by atoms with E-state index in [-0.39, 0.29) is 18.1 Å². The fourth-order valence-electron chi connectivity index (χ4n) is 1.33. The molecular formula is C10H16N4O3. The molecule has 0 aliphatic carbocycles. The van der Waals surface area contributed by atoms with Crippen LogP contribution in [0, 0.1) is 0 Å². The van der Waals surface area contributed by atoms with E-state index in [4.69, 9.17) is 0 Å². The number of methoxy groups -OCH3 is 1. The zero-order valence-electron chi connectivity index (χ0n) is 10.4. The largest absolute Gasteiger partial charge is 0.464 e. The number of likely N-dealkylation sites (N-methyl/N-ethyl adjacent to an activating group) is 1. The Hall–Kier alpha value is -1.92. The molecule has 0 aliphatic rings. The molecule has 0 atom stereocenters. The van der Waals surface area contributed by atoms with Crippen LogP contribution in [0.4, 0.5) is 0 Å². The standard InChI is InChI=1S/C10H16N4O3/c1-5-7-9(10(16)17-4)11-12-14(7)6-8(15)13(2)3/h5-6H2,1-4H3. The number of ether oxygens (including phenoxy) is 1. The Balaban J connectivity index is 2.98. The van der Waals surface area contributed by atoms with Crippen LogP contribution in [0.15, 0.2) is 0 Å². The van der Waals surface area contributed by atoms with Crippen LogP contribution in [0.3, 0.4) is 0 Å². The van der Waals surface area contributed by atoms with Gasteiger partial charge in [-0.1, -0.05) is 12.1 Å². The van der Waals surface area contributed by atoms with Gasteiger partial charge in [0.1, 0.15) is 6.54 Å². The average molecular weight is 240 g/mol. The first-order valence-corrected chi connectivity index (χ1v) is 5.22. The molecule has 1 aromatic heterocycles. The van der Waals surface area contributed by atoms with E-state index in [1.807, 2.05) is 6.92 Å². The topological polar surface area (TPSA) is 77.3 Å². The normalized spacial score (nSPS) is 10.1. The van der Waals surface area contributed by atoms with Crippen LogP contribution in [0.1, 0.15) is 23.1 Å². The summed E-state index contributed by atoms with van der Waals surface area (Å²) in [4.78, 5) is 24.4. The third kappa shape index (κ3) is 2.80. The summed E-state index contributed by atoms with van der Waals surface area (Å²) in [5, 5.41) is 7.53. The smallest absolute Gasteiger partial charge is 0.360 e.